The molecule has 142 valence electrons. The highest BCUT2D eigenvalue weighted by molar-refractivity contribution is 7.89. The fourth-order valence-corrected chi connectivity index (χ4v) is 6.05. The SMILES string of the molecule is CC1CCN(C(=O)CCCS(=O)(=O)N2CCCC3CCCC=C32)CC1. The second-order valence-corrected chi connectivity index (χ2v) is 9.97. The molecule has 1 unspecified atom stereocenters. The van der Waals surface area contributed by atoms with Crippen molar-refractivity contribution in [3.8, 4) is 0 Å². The zero-order valence-electron chi connectivity index (χ0n) is 15.5. The average Bonchev–Trinajstić information content (AvgIpc) is 2.61. The molecule has 25 heavy (non-hydrogen) atoms. The van der Waals surface area contributed by atoms with Crippen molar-refractivity contribution in [2.24, 2.45) is 11.8 Å². The van der Waals surface area contributed by atoms with E-state index in [0.29, 0.717) is 31.2 Å². The molecule has 2 heterocycles. The summed E-state index contributed by atoms with van der Waals surface area (Å²) in [5.74, 6) is 1.33. The molecule has 1 atom stereocenters. The first-order valence-corrected chi connectivity index (χ1v) is 11.6. The summed E-state index contributed by atoms with van der Waals surface area (Å²) in [6.45, 7) is 4.49. The van der Waals surface area contributed by atoms with Crippen molar-refractivity contribution in [2.45, 2.75) is 64.7 Å². The summed E-state index contributed by atoms with van der Waals surface area (Å²) in [6, 6.07) is 0. The zero-order chi connectivity index (χ0) is 17.9. The molecule has 0 aromatic heterocycles. The second-order valence-electron chi connectivity index (χ2n) is 7.95. The minimum atomic E-state index is -3.29. The third-order valence-electron chi connectivity index (χ3n) is 6.00. The number of sulfonamides is 1. The molecule has 3 aliphatic rings. The number of allylic oxidation sites excluding steroid dienone is 2. The summed E-state index contributed by atoms with van der Waals surface area (Å²) in [4.78, 5) is 14.2. The number of rotatable bonds is 5. The molecule has 0 N–H and O–H groups in total. The van der Waals surface area contributed by atoms with E-state index >= 15 is 0 Å². The zero-order valence-corrected chi connectivity index (χ0v) is 16.3. The molecule has 0 aromatic rings. The molecule has 1 aliphatic carbocycles. The molecule has 0 saturated carbocycles. The van der Waals surface area contributed by atoms with Crippen LogP contribution in [-0.2, 0) is 14.8 Å². The van der Waals surface area contributed by atoms with Crippen molar-refractivity contribution in [1.29, 1.82) is 0 Å². The molecule has 0 radical (unpaired) electrons. The number of hydrogen-bond acceptors (Lipinski definition) is 3. The van der Waals surface area contributed by atoms with Gasteiger partial charge in [-0.05, 0) is 63.2 Å². The van der Waals surface area contributed by atoms with E-state index in [1.807, 2.05) is 4.90 Å². The molecular formula is C19H32N2O3S. The predicted octanol–water partition coefficient (Wildman–Crippen LogP) is 3.13. The number of carbonyl (C=O) groups is 1. The standard InChI is InChI=1S/C19H32N2O3S/c1-16-10-13-20(14-11-16)19(22)9-5-15-25(23,24)21-12-4-7-17-6-2-3-8-18(17)21/h8,16-17H,2-7,9-15H2,1H3. The molecule has 3 rings (SSSR count). The van der Waals surface area contributed by atoms with Gasteiger partial charge < -0.3 is 4.90 Å². The first-order valence-electron chi connectivity index (χ1n) is 9.95. The average molecular weight is 369 g/mol. The van der Waals surface area contributed by atoms with Crippen molar-refractivity contribution in [2.75, 3.05) is 25.4 Å². The van der Waals surface area contributed by atoms with E-state index in [9.17, 15) is 13.2 Å². The van der Waals surface area contributed by atoms with Crippen molar-refractivity contribution in [3.63, 3.8) is 0 Å². The van der Waals surface area contributed by atoms with Gasteiger partial charge in [0.05, 0.1) is 5.75 Å². The van der Waals surface area contributed by atoms with E-state index in [-0.39, 0.29) is 11.7 Å². The Hall–Kier alpha value is -1.04. The lowest BCUT2D eigenvalue weighted by molar-refractivity contribution is -0.132. The molecule has 0 spiro atoms. The van der Waals surface area contributed by atoms with Gasteiger partial charge in [0.1, 0.15) is 0 Å². The van der Waals surface area contributed by atoms with E-state index < -0.39 is 10.0 Å². The highest BCUT2D eigenvalue weighted by Crippen LogP contribution is 2.36. The van der Waals surface area contributed by atoms with Crippen LogP contribution in [0.3, 0.4) is 0 Å². The number of amides is 1. The molecule has 0 aromatic carbocycles. The van der Waals surface area contributed by atoms with Crippen molar-refractivity contribution in [3.05, 3.63) is 11.8 Å². The number of fused-ring (bicyclic) bond motifs is 1. The maximum atomic E-state index is 12.8. The smallest absolute Gasteiger partial charge is 0.234 e. The van der Waals surface area contributed by atoms with Gasteiger partial charge in [0, 0.05) is 31.8 Å². The molecule has 6 heteroatoms. The maximum absolute atomic E-state index is 12.8. The summed E-state index contributed by atoms with van der Waals surface area (Å²) >= 11 is 0. The van der Waals surface area contributed by atoms with Crippen LogP contribution >= 0.6 is 0 Å². The summed E-state index contributed by atoms with van der Waals surface area (Å²) in [5.41, 5.74) is 1.04. The third-order valence-corrected chi connectivity index (χ3v) is 7.86. The van der Waals surface area contributed by atoms with Gasteiger partial charge >= 0.3 is 0 Å². The van der Waals surface area contributed by atoms with Crippen LogP contribution in [0.2, 0.25) is 0 Å². The molecule has 2 fully saturated rings. The Morgan fingerprint density at radius 2 is 1.84 bits per heavy atom. The third kappa shape index (κ3) is 4.57. The van der Waals surface area contributed by atoms with E-state index in [1.54, 1.807) is 4.31 Å². The first-order chi connectivity index (χ1) is 12.0. The highest BCUT2D eigenvalue weighted by atomic mass is 32.2. The van der Waals surface area contributed by atoms with Crippen molar-refractivity contribution < 1.29 is 13.2 Å². The van der Waals surface area contributed by atoms with Crippen LogP contribution in [0.4, 0.5) is 0 Å². The fraction of sp³-hybridized carbons (Fsp3) is 0.842. The first kappa shape index (κ1) is 18.7. The van der Waals surface area contributed by atoms with Gasteiger partial charge in [-0.15, -0.1) is 0 Å². The van der Waals surface area contributed by atoms with Gasteiger partial charge in [0.15, 0.2) is 0 Å². The molecule has 2 aliphatic heterocycles. The molecule has 2 saturated heterocycles. The maximum Gasteiger partial charge on any atom is 0.234 e. The lowest BCUT2D eigenvalue weighted by Gasteiger charge is -2.38. The van der Waals surface area contributed by atoms with E-state index in [4.69, 9.17) is 0 Å². The van der Waals surface area contributed by atoms with Gasteiger partial charge in [0.2, 0.25) is 15.9 Å². The molecule has 0 bridgehead atoms. The van der Waals surface area contributed by atoms with Crippen LogP contribution in [0.15, 0.2) is 11.8 Å². The molecule has 5 nitrogen and oxygen atoms in total. The van der Waals surface area contributed by atoms with Crippen LogP contribution < -0.4 is 0 Å². The Bertz CT molecular complexity index is 606. The van der Waals surface area contributed by atoms with E-state index in [1.165, 1.54) is 6.42 Å². The quantitative estimate of drug-likeness (QED) is 0.749. The minimum Gasteiger partial charge on any atom is -0.343 e. The molecule has 1 amide bonds. The Morgan fingerprint density at radius 1 is 1.12 bits per heavy atom. The van der Waals surface area contributed by atoms with Crippen LogP contribution in [0.5, 0.6) is 0 Å². The van der Waals surface area contributed by atoms with Gasteiger partial charge in [-0.25, -0.2) is 8.42 Å². The summed E-state index contributed by atoms with van der Waals surface area (Å²) in [7, 11) is -3.29. The highest BCUT2D eigenvalue weighted by Gasteiger charge is 2.33. The second kappa shape index (κ2) is 8.11. The van der Waals surface area contributed by atoms with Crippen molar-refractivity contribution in [1.82, 2.24) is 9.21 Å². The Kier molecular flexibility index (Phi) is 6.08. The topological polar surface area (TPSA) is 57.7 Å². The lowest BCUT2D eigenvalue weighted by atomic mass is 9.86. The van der Waals surface area contributed by atoms with E-state index in [0.717, 1.165) is 57.3 Å². The Labute approximate surface area is 152 Å². The van der Waals surface area contributed by atoms with Crippen LogP contribution in [0.1, 0.15) is 64.7 Å². The van der Waals surface area contributed by atoms with E-state index in [2.05, 4.69) is 13.0 Å². The normalized spacial score (nSPS) is 25.5. The molecular weight excluding hydrogens is 336 g/mol. The number of carbonyl (C=O) groups excluding carboxylic acids is 1. The van der Waals surface area contributed by atoms with Crippen LogP contribution in [-0.4, -0.2) is 48.9 Å². The summed E-state index contributed by atoms with van der Waals surface area (Å²) in [6.07, 6.45) is 10.4. The number of hydrogen-bond donors (Lipinski definition) is 0. The Morgan fingerprint density at radius 3 is 2.60 bits per heavy atom. The number of nitrogens with zero attached hydrogens (tertiary/aromatic N) is 2. The summed E-state index contributed by atoms with van der Waals surface area (Å²) < 4.78 is 27.3. The van der Waals surface area contributed by atoms with Crippen LogP contribution in [0.25, 0.3) is 0 Å². The lowest BCUT2D eigenvalue weighted by Crippen LogP contribution is -2.40. The van der Waals surface area contributed by atoms with Gasteiger partial charge in [-0.1, -0.05) is 13.0 Å². The minimum absolute atomic E-state index is 0.0903. The van der Waals surface area contributed by atoms with Gasteiger partial charge in [0.25, 0.3) is 0 Å². The fourth-order valence-electron chi connectivity index (χ4n) is 4.37. The monoisotopic (exact) mass is 368 g/mol. The Balaban J connectivity index is 1.51. The van der Waals surface area contributed by atoms with Crippen LogP contribution in [0, 0.1) is 11.8 Å². The number of likely N-dealkylation sites (tertiary alicyclic amines) is 1. The van der Waals surface area contributed by atoms with Crippen molar-refractivity contribution >= 4 is 15.9 Å². The van der Waals surface area contributed by atoms with Gasteiger partial charge in [-0.3, -0.25) is 9.10 Å². The predicted molar refractivity (Wildman–Crippen MR) is 99.4 cm³/mol. The largest absolute Gasteiger partial charge is 0.343 e. The number of piperidine rings is 2. The van der Waals surface area contributed by atoms with Gasteiger partial charge in [-0.2, -0.15) is 0 Å². The summed E-state index contributed by atoms with van der Waals surface area (Å²) in [5, 5.41) is 0.